The van der Waals surface area contributed by atoms with Crippen molar-refractivity contribution >= 4 is 27.5 Å². The van der Waals surface area contributed by atoms with Gasteiger partial charge in [-0.3, -0.25) is 4.79 Å². The molecule has 0 aliphatic heterocycles. The number of amides is 1. The van der Waals surface area contributed by atoms with Gasteiger partial charge in [0, 0.05) is 10.5 Å². The van der Waals surface area contributed by atoms with Crippen LogP contribution in [0.2, 0.25) is 0 Å². The van der Waals surface area contributed by atoms with Crippen molar-refractivity contribution < 1.29 is 22.7 Å². The first-order valence-electron chi connectivity index (χ1n) is 7.86. The molecule has 0 fully saturated rings. The molecule has 138 valence electrons. The lowest BCUT2D eigenvalue weighted by atomic mass is 10.1. The predicted molar refractivity (Wildman–Crippen MR) is 99.2 cm³/mol. The van der Waals surface area contributed by atoms with Crippen molar-refractivity contribution in [3.8, 4) is 5.75 Å². The molecule has 1 amide bonds. The second-order valence-electron chi connectivity index (χ2n) is 5.61. The number of rotatable bonds is 5. The van der Waals surface area contributed by atoms with Gasteiger partial charge in [0.05, 0.1) is 11.3 Å². The number of anilines is 1. The van der Waals surface area contributed by atoms with Crippen LogP contribution in [0.15, 0.2) is 65.1 Å². The second-order valence-corrected chi connectivity index (χ2v) is 6.46. The van der Waals surface area contributed by atoms with Gasteiger partial charge in [-0.1, -0.05) is 24.3 Å². The van der Waals surface area contributed by atoms with Crippen molar-refractivity contribution in [2.75, 3.05) is 5.32 Å². The maximum Gasteiger partial charge on any atom is 0.259 e. The molecule has 0 aliphatic carbocycles. The lowest BCUT2D eigenvalue weighted by molar-refractivity contribution is 0.102. The molecule has 0 aromatic heterocycles. The number of carbonyl (C=O) groups excluding carboxylic acids is 1. The summed E-state index contributed by atoms with van der Waals surface area (Å²) in [4.78, 5) is 12.6. The van der Waals surface area contributed by atoms with E-state index in [1.165, 1.54) is 18.2 Å². The van der Waals surface area contributed by atoms with Crippen LogP contribution in [0, 0.1) is 17.5 Å². The topological polar surface area (TPSA) is 38.3 Å². The number of nitrogens with one attached hydrogen (secondary N) is 1. The first-order chi connectivity index (χ1) is 12.9. The first-order valence-corrected chi connectivity index (χ1v) is 8.65. The third kappa shape index (κ3) is 4.68. The monoisotopic (exact) mass is 435 g/mol. The Labute approximate surface area is 161 Å². The van der Waals surface area contributed by atoms with Gasteiger partial charge in [-0.15, -0.1) is 0 Å². The lowest BCUT2D eigenvalue weighted by Gasteiger charge is -2.13. The van der Waals surface area contributed by atoms with Crippen LogP contribution in [-0.2, 0) is 6.61 Å². The van der Waals surface area contributed by atoms with Crippen LogP contribution in [0.1, 0.15) is 15.9 Å². The highest BCUT2D eigenvalue weighted by atomic mass is 79.9. The Balaban J connectivity index is 1.79. The molecule has 3 aromatic rings. The van der Waals surface area contributed by atoms with Gasteiger partial charge < -0.3 is 10.1 Å². The fourth-order valence-electron chi connectivity index (χ4n) is 2.36. The number of para-hydroxylation sites is 1. The van der Waals surface area contributed by atoms with E-state index in [4.69, 9.17) is 4.74 Å². The van der Waals surface area contributed by atoms with E-state index in [2.05, 4.69) is 21.2 Å². The molecule has 3 nitrogen and oxygen atoms in total. The van der Waals surface area contributed by atoms with E-state index in [9.17, 15) is 18.0 Å². The molecule has 3 aromatic carbocycles. The zero-order valence-corrected chi connectivity index (χ0v) is 15.4. The summed E-state index contributed by atoms with van der Waals surface area (Å²) in [5, 5.41) is 2.41. The number of halogens is 4. The summed E-state index contributed by atoms with van der Waals surface area (Å²) in [6.45, 7) is 0.124. The van der Waals surface area contributed by atoms with Gasteiger partial charge in [-0.2, -0.15) is 0 Å². The van der Waals surface area contributed by atoms with E-state index in [0.29, 0.717) is 6.07 Å². The van der Waals surface area contributed by atoms with Crippen molar-refractivity contribution in [2.45, 2.75) is 6.61 Å². The number of hydrogen-bond donors (Lipinski definition) is 1. The fraction of sp³-hybridized carbons (Fsp3) is 0.0500. The van der Waals surface area contributed by atoms with Gasteiger partial charge >= 0.3 is 0 Å². The summed E-state index contributed by atoms with van der Waals surface area (Å²) in [6, 6.07) is 13.9. The van der Waals surface area contributed by atoms with Crippen LogP contribution in [0.3, 0.4) is 0 Å². The Morgan fingerprint density at radius 1 is 0.963 bits per heavy atom. The Morgan fingerprint density at radius 3 is 2.37 bits per heavy atom. The largest absolute Gasteiger partial charge is 0.488 e. The van der Waals surface area contributed by atoms with Crippen molar-refractivity contribution in [1.82, 2.24) is 0 Å². The third-order valence-electron chi connectivity index (χ3n) is 3.68. The molecule has 0 atom stereocenters. The normalized spacial score (nSPS) is 10.5. The summed E-state index contributed by atoms with van der Waals surface area (Å²) >= 11 is 3.03. The number of carbonyl (C=O) groups is 1. The van der Waals surface area contributed by atoms with Gasteiger partial charge in [-0.05, 0) is 51.8 Å². The third-order valence-corrected chi connectivity index (χ3v) is 4.31. The number of hydrogen-bond acceptors (Lipinski definition) is 2. The van der Waals surface area contributed by atoms with Crippen LogP contribution >= 0.6 is 15.9 Å². The van der Waals surface area contributed by atoms with Gasteiger partial charge in [0.1, 0.15) is 24.0 Å². The first kappa shape index (κ1) is 19.0. The highest BCUT2D eigenvalue weighted by molar-refractivity contribution is 9.10. The molecule has 27 heavy (non-hydrogen) atoms. The molecular formula is C20H13BrF3NO2. The Morgan fingerprint density at radius 2 is 1.67 bits per heavy atom. The zero-order valence-electron chi connectivity index (χ0n) is 13.8. The molecule has 1 N–H and O–H groups in total. The van der Waals surface area contributed by atoms with Gasteiger partial charge in [0.25, 0.3) is 5.91 Å². The van der Waals surface area contributed by atoms with Crippen LogP contribution in [0.25, 0.3) is 0 Å². The summed E-state index contributed by atoms with van der Waals surface area (Å²) in [6.07, 6.45) is 0. The maximum atomic E-state index is 13.9. The van der Waals surface area contributed by atoms with Crippen molar-refractivity contribution in [2.24, 2.45) is 0 Å². The van der Waals surface area contributed by atoms with E-state index < -0.39 is 17.5 Å². The molecule has 0 heterocycles. The lowest BCUT2D eigenvalue weighted by Crippen LogP contribution is -2.15. The molecule has 0 saturated heterocycles. The smallest absolute Gasteiger partial charge is 0.259 e. The standard InChI is InChI=1S/C20H13BrF3NO2/c21-16-9-14(23)10-17(24)19(16)25-20(26)15-3-1-2-4-18(15)27-11-12-5-7-13(22)8-6-12/h1-10H,11H2,(H,25,26). The predicted octanol–water partition coefficient (Wildman–Crippen LogP) is 5.70. The molecule has 0 unspecified atom stereocenters. The molecule has 0 aliphatic rings. The maximum absolute atomic E-state index is 13.9. The average Bonchev–Trinajstić information content (AvgIpc) is 2.64. The summed E-state index contributed by atoms with van der Waals surface area (Å²) in [5.74, 6) is -2.36. The second kappa shape index (κ2) is 8.26. The Kier molecular flexibility index (Phi) is 5.81. The zero-order chi connectivity index (χ0) is 19.4. The average molecular weight is 436 g/mol. The minimum Gasteiger partial charge on any atom is -0.488 e. The summed E-state index contributed by atoms with van der Waals surface area (Å²) in [7, 11) is 0. The number of benzene rings is 3. The van der Waals surface area contributed by atoms with E-state index in [0.717, 1.165) is 11.6 Å². The number of ether oxygens (including phenoxy) is 1. The minimum atomic E-state index is -0.903. The van der Waals surface area contributed by atoms with Crippen LogP contribution in [-0.4, -0.2) is 5.91 Å². The van der Waals surface area contributed by atoms with Crippen molar-refractivity contribution in [3.63, 3.8) is 0 Å². The molecule has 0 radical (unpaired) electrons. The molecule has 0 spiro atoms. The Bertz CT molecular complexity index is 954. The van der Waals surface area contributed by atoms with Crippen LogP contribution in [0.5, 0.6) is 5.75 Å². The van der Waals surface area contributed by atoms with Crippen LogP contribution in [0.4, 0.5) is 18.9 Å². The summed E-state index contributed by atoms with van der Waals surface area (Å²) in [5.41, 5.74) is 0.726. The molecule has 3 rings (SSSR count). The van der Waals surface area contributed by atoms with Crippen molar-refractivity contribution in [3.05, 3.63) is 93.7 Å². The van der Waals surface area contributed by atoms with Gasteiger partial charge in [0.15, 0.2) is 5.82 Å². The van der Waals surface area contributed by atoms with Crippen LogP contribution < -0.4 is 10.1 Å². The summed E-state index contributed by atoms with van der Waals surface area (Å²) < 4.78 is 45.8. The van der Waals surface area contributed by atoms with E-state index in [1.807, 2.05) is 0 Å². The quantitative estimate of drug-likeness (QED) is 0.558. The SMILES string of the molecule is O=C(Nc1c(F)cc(F)cc1Br)c1ccccc1OCc1ccc(F)cc1. The van der Waals surface area contributed by atoms with Gasteiger partial charge in [0.2, 0.25) is 0 Å². The highest BCUT2D eigenvalue weighted by Crippen LogP contribution is 2.28. The highest BCUT2D eigenvalue weighted by Gasteiger charge is 2.17. The molecule has 7 heteroatoms. The van der Waals surface area contributed by atoms with E-state index >= 15 is 0 Å². The Hall–Kier alpha value is -2.80. The minimum absolute atomic E-state index is 0.0815. The molecule has 0 bridgehead atoms. The van der Waals surface area contributed by atoms with Crippen molar-refractivity contribution in [1.29, 1.82) is 0 Å². The van der Waals surface area contributed by atoms with E-state index in [1.54, 1.807) is 30.3 Å². The molecule has 0 saturated carbocycles. The fourth-order valence-corrected chi connectivity index (χ4v) is 2.87. The molecular weight excluding hydrogens is 423 g/mol. The van der Waals surface area contributed by atoms with E-state index in [-0.39, 0.29) is 33.9 Å². The van der Waals surface area contributed by atoms with Gasteiger partial charge in [-0.25, -0.2) is 13.2 Å².